The summed E-state index contributed by atoms with van der Waals surface area (Å²) in [5, 5.41) is 12.4. The number of amides is 1. The lowest BCUT2D eigenvalue weighted by Crippen LogP contribution is -2.30. The largest absolute Gasteiger partial charge is 0.490 e. The third-order valence-corrected chi connectivity index (χ3v) is 4.23. The van der Waals surface area contributed by atoms with Crippen LogP contribution >= 0.6 is 11.6 Å². The highest BCUT2D eigenvalue weighted by atomic mass is 35.5. The number of aliphatic hydroxyl groups is 1. The first-order valence-electron chi connectivity index (χ1n) is 7.58. The van der Waals surface area contributed by atoms with Crippen molar-refractivity contribution in [2.75, 3.05) is 6.61 Å². The van der Waals surface area contributed by atoms with E-state index in [0.717, 1.165) is 12.8 Å². The Balaban J connectivity index is 1.68. The zero-order chi connectivity index (χ0) is 16.2. The van der Waals surface area contributed by atoms with Crippen LogP contribution in [-0.2, 0) is 0 Å². The lowest BCUT2D eigenvalue weighted by atomic mass is 9.96. The molecule has 0 bridgehead atoms. The zero-order valence-electron chi connectivity index (χ0n) is 12.5. The molecule has 1 fully saturated rings. The van der Waals surface area contributed by atoms with Gasteiger partial charge in [0, 0.05) is 0 Å². The van der Waals surface area contributed by atoms with Gasteiger partial charge >= 0.3 is 0 Å². The summed E-state index contributed by atoms with van der Waals surface area (Å²) in [6, 6.07) is 7.79. The molecule has 1 heterocycles. The highest BCUT2D eigenvalue weighted by Crippen LogP contribution is 2.28. The second kappa shape index (κ2) is 7.06. The Labute approximate surface area is 139 Å². The van der Waals surface area contributed by atoms with Crippen LogP contribution in [0, 0.1) is 0 Å². The van der Waals surface area contributed by atoms with Crippen LogP contribution in [0.5, 0.6) is 5.75 Å². The number of rotatable bonds is 6. The second-order valence-electron chi connectivity index (χ2n) is 5.54. The van der Waals surface area contributed by atoms with Crippen LogP contribution in [0.3, 0.4) is 0 Å². The Morgan fingerprint density at radius 3 is 2.83 bits per heavy atom. The van der Waals surface area contributed by atoms with E-state index in [0.29, 0.717) is 22.1 Å². The molecule has 2 N–H and O–H groups in total. The zero-order valence-corrected chi connectivity index (χ0v) is 13.3. The molecule has 5 nitrogen and oxygen atoms in total. The van der Waals surface area contributed by atoms with Gasteiger partial charge in [0.1, 0.15) is 17.6 Å². The van der Waals surface area contributed by atoms with Gasteiger partial charge in [0.15, 0.2) is 0 Å². The lowest BCUT2D eigenvalue weighted by Gasteiger charge is -2.26. The predicted octanol–water partition coefficient (Wildman–Crippen LogP) is 3.33. The average molecular weight is 336 g/mol. The Morgan fingerprint density at radius 2 is 2.26 bits per heavy atom. The van der Waals surface area contributed by atoms with Crippen molar-refractivity contribution in [2.24, 2.45) is 0 Å². The summed E-state index contributed by atoms with van der Waals surface area (Å²) in [6.07, 6.45) is 5.05. The molecule has 1 aliphatic carbocycles. The molecule has 1 aromatic carbocycles. The molecule has 0 saturated heterocycles. The van der Waals surface area contributed by atoms with Crippen LogP contribution in [0.25, 0.3) is 0 Å². The van der Waals surface area contributed by atoms with Crippen molar-refractivity contribution in [3.8, 4) is 5.75 Å². The number of aliphatic hydroxyl groups excluding tert-OH is 1. The Hall–Kier alpha value is -1.98. The van der Waals surface area contributed by atoms with Gasteiger partial charge in [0.05, 0.1) is 29.6 Å². The number of carbonyl (C=O) groups excluding carboxylic acids is 1. The highest BCUT2D eigenvalue weighted by Gasteiger charge is 2.21. The molecule has 0 radical (unpaired) electrons. The molecule has 1 aliphatic rings. The minimum atomic E-state index is -0.612. The molecule has 3 rings (SSSR count). The van der Waals surface area contributed by atoms with Crippen molar-refractivity contribution in [2.45, 2.75) is 31.4 Å². The summed E-state index contributed by atoms with van der Waals surface area (Å²) in [5.74, 6) is 0.781. The molecule has 1 aromatic heterocycles. The predicted molar refractivity (Wildman–Crippen MR) is 85.7 cm³/mol. The average Bonchev–Trinajstić information content (AvgIpc) is 3.02. The Bertz CT molecular complexity index is 667. The fraction of sp³-hybridized carbons (Fsp3) is 0.353. The van der Waals surface area contributed by atoms with Gasteiger partial charge in [0.2, 0.25) is 0 Å². The van der Waals surface area contributed by atoms with E-state index >= 15 is 0 Å². The number of furan rings is 1. The first-order chi connectivity index (χ1) is 11.2. The summed E-state index contributed by atoms with van der Waals surface area (Å²) in [4.78, 5) is 12.3. The quantitative estimate of drug-likeness (QED) is 0.849. The Kier molecular flexibility index (Phi) is 4.88. The Morgan fingerprint density at radius 1 is 1.43 bits per heavy atom. The van der Waals surface area contributed by atoms with Crippen molar-refractivity contribution in [1.82, 2.24) is 5.32 Å². The molecule has 2 aromatic rings. The molecule has 1 atom stereocenters. The first kappa shape index (κ1) is 15.9. The van der Waals surface area contributed by atoms with Crippen molar-refractivity contribution < 1.29 is 19.1 Å². The van der Waals surface area contributed by atoms with Gasteiger partial charge < -0.3 is 19.6 Å². The first-order valence-corrected chi connectivity index (χ1v) is 7.96. The van der Waals surface area contributed by atoms with E-state index in [-0.39, 0.29) is 18.6 Å². The van der Waals surface area contributed by atoms with E-state index in [1.54, 1.807) is 30.3 Å². The highest BCUT2D eigenvalue weighted by molar-refractivity contribution is 6.34. The fourth-order valence-electron chi connectivity index (χ4n) is 2.37. The molecule has 0 spiro atoms. The maximum atomic E-state index is 12.3. The molecule has 6 heteroatoms. The summed E-state index contributed by atoms with van der Waals surface area (Å²) in [5.41, 5.74) is 0.331. The van der Waals surface area contributed by atoms with Crippen LogP contribution in [0.2, 0.25) is 5.02 Å². The van der Waals surface area contributed by atoms with Gasteiger partial charge in [-0.15, -0.1) is 0 Å². The van der Waals surface area contributed by atoms with E-state index in [9.17, 15) is 9.90 Å². The van der Waals surface area contributed by atoms with Gasteiger partial charge in [-0.2, -0.15) is 0 Å². The van der Waals surface area contributed by atoms with Crippen LogP contribution in [0.4, 0.5) is 0 Å². The maximum Gasteiger partial charge on any atom is 0.253 e. The summed E-state index contributed by atoms with van der Waals surface area (Å²) in [7, 11) is 0. The van der Waals surface area contributed by atoms with Crippen LogP contribution in [-0.4, -0.2) is 23.7 Å². The topological polar surface area (TPSA) is 71.7 Å². The van der Waals surface area contributed by atoms with E-state index < -0.39 is 6.04 Å². The number of nitrogens with one attached hydrogen (secondary N) is 1. The second-order valence-corrected chi connectivity index (χ2v) is 5.94. The standard InChI is InChI=1S/C17H18ClNO4/c18-14-9-12(23-11-3-1-4-11)6-7-13(14)17(21)19-15(10-20)16-5-2-8-22-16/h2,5-9,11,15,20H,1,3-4,10H2,(H,19,21). The summed E-state index contributed by atoms with van der Waals surface area (Å²) < 4.78 is 11.0. The molecule has 1 unspecified atom stereocenters. The van der Waals surface area contributed by atoms with Crippen molar-refractivity contribution in [3.05, 3.63) is 52.9 Å². The van der Waals surface area contributed by atoms with Gasteiger partial charge in [-0.05, 0) is 49.6 Å². The van der Waals surface area contributed by atoms with Gasteiger partial charge in [-0.1, -0.05) is 11.6 Å². The van der Waals surface area contributed by atoms with Crippen LogP contribution in [0.15, 0.2) is 41.0 Å². The molecule has 1 saturated carbocycles. The van der Waals surface area contributed by atoms with E-state index in [1.165, 1.54) is 12.7 Å². The van der Waals surface area contributed by atoms with Gasteiger partial charge in [-0.25, -0.2) is 0 Å². The van der Waals surface area contributed by atoms with Gasteiger partial charge in [0.25, 0.3) is 5.91 Å². The van der Waals surface area contributed by atoms with Crippen LogP contribution < -0.4 is 10.1 Å². The number of hydrogen-bond acceptors (Lipinski definition) is 4. The van der Waals surface area contributed by atoms with E-state index in [4.69, 9.17) is 20.8 Å². The number of carbonyl (C=O) groups is 1. The van der Waals surface area contributed by atoms with Gasteiger partial charge in [-0.3, -0.25) is 4.79 Å². The third-order valence-electron chi connectivity index (χ3n) is 3.91. The third kappa shape index (κ3) is 3.68. The molecular weight excluding hydrogens is 318 g/mol. The summed E-state index contributed by atoms with van der Waals surface area (Å²) >= 11 is 6.19. The normalized spacial score (nSPS) is 15.7. The number of ether oxygens (including phenoxy) is 1. The molecule has 122 valence electrons. The number of hydrogen-bond donors (Lipinski definition) is 2. The molecule has 23 heavy (non-hydrogen) atoms. The SMILES string of the molecule is O=C(NC(CO)c1ccco1)c1ccc(OC2CCC2)cc1Cl. The number of halogens is 1. The van der Waals surface area contributed by atoms with E-state index in [2.05, 4.69) is 5.32 Å². The lowest BCUT2D eigenvalue weighted by molar-refractivity contribution is 0.0907. The summed E-state index contributed by atoms with van der Waals surface area (Å²) in [6.45, 7) is -0.264. The van der Waals surface area contributed by atoms with Crippen LogP contribution in [0.1, 0.15) is 41.4 Å². The van der Waals surface area contributed by atoms with Crippen molar-refractivity contribution in [1.29, 1.82) is 0 Å². The molecular formula is C17H18ClNO4. The minimum Gasteiger partial charge on any atom is -0.490 e. The minimum absolute atomic E-state index is 0.253. The van der Waals surface area contributed by atoms with Crippen molar-refractivity contribution in [3.63, 3.8) is 0 Å². The smallest absolute Gasteiger partial charge is 0.253 e. The maximum absolute atomic E-state index is 12.3. The number of benzene rings is 1. The van der Waals surface area contributed by atoms with Crippen molar-refractivity contribution >= 4 is 17.5 Å². The fourth-order valence-corrected chi connectivity index (χ4v) is 2.62. The van der Waals surface area contributed by atoms with E-state index in [1.807, 2.05) is 0 Å². The molecule has 0 aliphatic heterocycles. The monoisotopic (exact) mass is 335 g/mol. The molecule has 1 amide bonds.